The predicted molar refractivity (Wildman–Crippen MR) is 70.1 cm³/mol. The summed E-state index contributed by atoms with van der Waals surface area (Å²) in [6.07, 6.45) is 8.80. The molecule has 1 saturated carbocycles. The second-order valence-corrected chi connectivity index (χ2v) is 6.39. The van der Waals surface area contributed by atoms with E-state index in [1.54, 1.807) is 18.1 Å². The zero-order valence-corrected chi connectivity index (χ0v) is 11.2. The monoisotopic (exact) mass is 257 g/mol. The van der Waals surface area contributed by atoms with Crippen LogP contribution in [0.25, 0.3) is 0 Å². The van der Waals surface area contributed by atoms with Gasteiger partial charge in [0.15, 0.2) is 4.34 Å². The van der Waals surface area contributed by atoms with Gasteiger partial charge in [0.2, 0.25) is 0 Å². The quantitative estimate of drug-likeness (QED) is 0.628. The van der Waals surface area contributed by atoms with Crippen LogP contribution < -0.4 is 5.32 Å². The molecule has 1 aromatic rings. The summed E-state index contributed by atoms with van der Waals surface area (Å²) in [7, 11) is 0. The lowest BCUT2D eigenvalue weighted by Crippen LogP contribution is -2.26. The molecule has 5 heteroatoms. The molecule has 0 radical (unpaired) electrons. The van der Waals surface area contributed by atoms with Crippen LogP contribution in [0.5, 0.6) is 0 Å². The first-order chi connectivity index (χ1) is 7.95. The maximum absolute atomic E-state index is 4.15. The summed E-state index contributed by atoms with van der Waals surface area (Å²) in [4.78, 5) is 4.15. The number of aromatic nitrogens is 2. The molecule has 1 aromatic heterocycles. The molecular weight excluding hydrogens is 238 g/mol. The fourth-order valence-corrected chi connectivity index (χ4v) is 3.55. The molecule has 1 aliphatic rings. The number of nitrogens with zero attached hydrogens (tertiary/aromatic N) is 2. The fourth-order valence-electron chi connectivity index (χ4n) is 2.13. The van der Waals surface area contributed by atoms with Crippen LogP contribution >= 0.6 is 23.3 Å². The minimum Gasteiger partial charge on any atom is -0.316 e. The first-order valence-corrected chi connectivity index (χ1v) is 7.81. The highest BCUT2D eigenvalue weighted by Crippen LogP contribution is 2.22. The van der Waals surface area contributed by atoms with Gasteiger partial charge in [-0.25, -0.2) is 4.98 Å². The van der Waals surface area contributed by atoms with Gasteiger partial charge in [0.1, 0.15) is 6.33 Å². The van der Waals surface area contributed by atoms with Crippen LogP contribution in [0.15, 0.2) is 10.7 Å². The van der Waals surface area contributed by atoms with Gasteiger partial charge in [0.25, 0.3) is 0 Å². The van der Waals surface area contributed by atoms with E-state index in [9.17, 15) is 0 Å². The van der Waals surface area contributed by atoms with Gasteiger partial charge in [-0.05, 0) is 36.8 Å². The summed E-state index contributed by atoms with van der Waals surface area (Å²) >= 11 is 3.28. The maximum atomic E-state index is 4.15. The average molecular weight is 257 g/mol. The van der Waals surface area contributed by atoms with Gasteiger partial charge in [-0.2, -0.15) is 4.37 Å². The molecule has 0 atom stereocenters. The third kappa shape index (κ3) is 4.39. The van der Waals surface area contributed by atoms with Crippen molar-refractivity contribution in [3.05, 3.63) is 6.33 Å². The lowest BCUT2D eigenvalue weighted by Gasteiger charge is -2.21. The molecule has 90 valence electrons. The molecule has 1 heterocycles. The van der Waals surface area contributed by atoms with E-state index < -0.39 is 0 Å². The Morgan fingerprint density at radius 1 is 1.38 bits per heavy atom. The molecule has 1 N–H and O–H groups in total. The highest BCUT2D eigenvalue weighted by atomic mass is 32.2. The zero-order chi connectivity index (χ0) is 11.1. The Kier molecular flexibility index (Phi) is 5.58. The van der Waals surface area contributed by atoms with Gasteiger partial charge >= 0.3 is 0 Å². The maximum Gasteiger partial charge on any atom is 0.169 e. The number of nitrogens with one attached hydrogen (secondary N) is 1. The van der Waals surface area contributed by atoms with Gasteiger partial charge in [-0.15, -0.1) is 0 Å². The van der Waals surface area contributed by atoms with E-state index >= 15 is 0 Å². The summed E-state index contributed by atoms with van der Waals surface area (Å²) in [6.45, 7) is 2.29. The van der Waals surface area contributed by atoms with Crippen molar-refractivity contribution in [2.45, 2.75) is 36.4 Å². The normalized spacial score (nSPS) is 17.8. The standard InChI is InChI=1S/C11H19N3S2/c1-2-4-10(5-3-1)8-12-6-7-15-11-13-9-14-16-11/h9-10,12H,1-8H2. The topological polar surface area (TPSA) is 37.8 Å². The minimum atomic E-state index is 0.931. The van der Waals surface area contributed by atoms with Crippen LogP contribution in [-0.2, 0) is 0 Å². The third-order valence-corrected chi connectivity index (χ3v) is 4.80. The van der Waals surface area contributed by atoms with E-state index in [-0.39, 0.29) is 0 Å². The molecule has 0 bridgehead atoms. The Balaban J connectivity index is 1.48. The third-order valence-electron chi connectivity index (χ3n) is 3.00. The highest BCUT2D eigenvalue weighted by Gasteiger charge is 2.12. The van der Waals surface area contributed by atoms with Gasteiger partial charge in [0, 0.05) is 12.3 Å². The molecule has 0 amide bonds. The lowest BCUT2D eigenvalue weighted by molar-refractivity contribution is 0.345. The Bertz CT molecular complexity index is 271. The van der Waals surface area contributed by atoms with E-state index in [1.165, 1.54) is 50.2 Å². The van der Waals surface area contributed by atoms with Gasteiger partial charge in [0.05, 0.1) is 0 Å². The molecule has 0 aromatic carbocycles. The first kappa shape index (κ1) is 12.3. The van der Waals surface area contributed by atoms with E-state index in [4.69, 9.17) is 0 Å². The predicted octanol–water partition coefficient (Wildman–Crippen LogP) is 2.80. The van der Waals surface area contributed by atoms with Crippen molar-refractivity contribution < 1.29 is 0 Å². The van der Waals surface area contributed by atoms with E-state index in [0.29, 0.717) is 0 Å². The van der Waals surface area contributed by atoms with Crippen LogP contribution in [-0.4, -0.2) is 28.2 Å². The number of thioether (sulfide) groups is 1. The highest BCUT2D eigenvalue weighted by molar-refractivity contribution is 8.00. The average Bonchev–Trinajstić information content (AvgIpc) is 2.83. The lowest BCUT2D eigenvalue weighted by atomic mass is 9.89. The van der Waals surface area contributed by atoms with Crippen molar-refractivity contribution in [1.82, 2.24) is 14.7 Å². The number of hydrogen-bond acceptors (Lipinski definition) is 5. The van der Waals surface area contributed by atoms with Gasteiger partial charge in [-0.3, -0.25) is 0 Å². The van der Waals surface area contributed by atoms with Gasteiger partial charge < -0.3 is 5.32 Å². The molecule has 1 fully saturated rings. The molecule has 16 heavy (non-hydrogen) atoms. The fraction of sp³-hybridized carbons (Fsp3) is 0.818. The molecule has 2 rings (SSSR count). The number of hydrogen-bond donors (Lipinski definition) is 1. The van der Waals surface area contributed by atoms with Crippen molar-refractivity contribution >= 4 is 23.3 Å². The van der Waals surface area contributed by atoms with Crippen molar-refractivity contribution in [3.63, 3.8) is 0 Å². The van der Waals surface area contributed by atoms with E-state index in [2.05, 4.69) is 14.7 Å². The summed E-state index contributed by atoms with van der Waals surface area (Å²) in [5.74, 6) is 2.03. The van der Waals surface area contributed by atoms with Crippen LogP contribution in [0.2, 0.25) is 0 Å². The summed E-state index contributed by atoms with van der Waals surface area (Å²) in [6, 6.07) is 0. The molecule has 1 aliphatic carbocycles. The van der Waals surface area contributed by atoms with E-state index in [0.717, 1.165) is 22.6 Å². The van der Waals surface area contributed by atoms with Crippen molar-refractivity contribution in [3.8, 4) is 0 Å². The smallest absolute Gasteiger partial charge is 0.169 e. The Hall–Kier alpha value is -0.130. The summed E-state index contributed by atoms with van der Waals surface area (Å²) < 4.78 is 5.07. The molecule has 0 aliphatic heterocycles. The minimum absolute atomic E-state index is 0.931. The largest absolute Gasteiger partial charge is 0.316 e. The van der Waals surface area contributed by atoms with Crippen LogP contribution in [0.4, 0.5) is 0 Å². The Morgan fingerprint density at radius 3 is 3.00 bits per heavy atom. The van der Waals surface area contributed by atoms with Crippen LogP contribution in [0.1, 0.15) is 32.1 Å². The second kappa shape index (κ2) is 7.25. The van der Waals surface area contributed by atoms with Crippen molar-refractivity contribution in [2.75, 3.05) is 18.8 Å². The molecule has 3 nitrogen and oxygen atoms in total. The van der Waals surface area contributed by atoms with E-state index in [1.807, 2.05) is 0 Å². The first-order valence-electron chi connectivity index (χ1n) is 6.05. The summed E-state index contributed by atoms with van der Waals surface area (Å²) in [5, 5.41) is 3.55. The second-order valence-electron chi connectivity index (χ2n) is 4.26. The van der Waals surface area contributed by atoms with Crippen LogP contribution in [0.3, 0.4) is 0 Å². The summed E-state index contributed by atoms with van der Waals surface area (Å²) in [5.41, 5.74) is 0. The zero-order valence-electron chi connectivity index (χ0n) is 9.52. The van der Waals surface area contributed by atoms with Crippen LogP contribution in [0, 0.1) is 5.92 Å². The number of rotatable bonds is 6. The molecule has 0 spiro atoms. The van der Waals surface area contributed by atoms with Crippen molar-refractivity contribution in [2.24, 2.45) is 5.92 Å². The molecular formula is C11H19N3S2. The Morgan fingerprint density at radius 2 is 2.25 bits per heavy atom. The van der Waals surface area contributed by atoms with Crippen molar-refractivity contribution in [1.29, 1.82) is 0 Å². The Labute approximate surface area is 106 Å². The SMILES string of the molecule is c1nsc(SCCNCC2CCCCC2)n1. The molecule has 0 saturated heterocycles. The van der Waals surface area contributed by atoms with Gasteiger partial charge in [-0.1, -0.05) is 31.0 Å². The molecule has 0 unspecified atom stereocenters.